The fourth-order valence-corrected chi connectivity index (χ4v) is 5.46. The van der Waals surface area contributed by atoms with Gasteiger partial charge < -0.3 is 0 Å². The average Bonchev–Trinajstić information content (AvgIpc) is 3.28. The van der Waals surface area contributed by atoms with Crippen molar-refractivity contribution in [3.8, 4) is 11.1 Å². The van der Waals surface area contributed by atoms with Crippen molar-refractivity contribution in [2.24, 2.45) is 0 Å². The molecule has 0 saturated carbocycles. The summed E-state index contributed by atoms with van der Waals surface area (Å²) in [6.45, 7) is 0. The highest BCUT2D eigenvalue weighted by Crippen LogP contribution is 2.52. The van der Waals surface area contributed by atoms with Crippen molar-refractivity contribution in [1.82, 2.24) is 0 Å². The predicted octanol–water partition coefficient (Wildman–Crippen LogP) is 6.29. The number of imide groups is 1. The number of rotatable bonds is 4. The van der Waals surface area contributed by atoms with Crippen molar-refractivity contribution in [3.63, 3.8) is 0 Å². The number of non-ortho nitro benzene ring substituents is 1. The maximum atomic E-state index is 14.2. The number of nitro benzene ring substituents is 2. The topological polar surface area (TPSA) is 127 Å². The highest BCUT2D eigenvalue weighted by atomic mass is 32.1. The zero-order valence-electron chi connectivity index (χ0n) is 20.4. The van der Waals surface area contributed by atoms with Crippen LogP contribution in [0.3, 0.4) is 0 Å². The number of carbonyl (C=O) groups excluding carboxylic acids is 2. The summed E-state index contributed by atoms with van der Waals surface area (Å²) in [4.78, 5) is 52.6. The molecule has 1 heterocycles. The van der Waals surface area contributed by atoms with Crippen LogP contribution in [0.1, 0.15) is 11.1 Å². The molecular formula is C29H16N4O6S. The number of nitrogens with zero attached hydrogens (tertiary/aromatic N) is 4. The molecule has 0 unspecified atom stereocenters. The van der Waals surface area contributed by atoms with Gasteiger partial charge in [0.05, 0.1) is 38.4 Å². The van der Waals surface area contributed by atoms with Crippen LogP contribution in [0.4, 0.5) is 27.5 Å². The normalized spacial score (nSPS) is 16.1. The molecule has 0 bridgehead atoms. The molecule has 0 aromatic heterocycles. The van der Waals surface area contributed by atoms with Gasteiger partial charge in [0.1, 0.15) is 4.99 Å². The summed E-state index contributed by atoms with van der Waals surface area (Å²) < 4.78 is 0. The Bertz CT molecular complexity index is 1760. The van der Waals surface area contributed by atoms with Gasteiger partial charge in [-0.3, -0.25) is 29.9 Å². The summed E-state index contributed by atoms with van der Waals surface area (Å²) in [6, 6.07) is 24.9. The molecule has 194 valence electrons. The molecule has 0 radical (unpaired) electrons. The van der Waals surface area contributed by atoms with Gasteiger partial charge in [0.2, 0.25) is 0 Å². The fourth-order valence-electron chi connectivity index (χ4n) is 5.09. The standard InChI is InChI=1S/C29H16N4O6S/c34-27-26(28(40)31(18-11-5-2-6-12-18)29(35)30(27)17-9-3-1-4-10-17)25-21-14-8-7-13-20(21)24-22(25)15-19(32(36)37)16-23(24)33(38)39/h1-16H. The Morgan fingerprint density at radius 3 is 1.75 bits per heavy atom. The maximum absolute atomic E-state index is 14.2. The fraction of sp³-hybridized carbons (Fsp3) is 0. The number of benzene rings is 4. The van der Waals surface area contributed by atoms with Crippen molar-refractivity contribution >= 4 is 57.5 Å². The molecule has 3 amide bonds. The van der Waals surface area contributed by atoms with Gasteiger partial charge >= 0.3 is 6.03 Å². The number of amides is 3. The number of carbonyl (C=O) groups is 2. The highest BCUT2D eigenvalue weighted by Gasteiger charge is 2.45. The number of thiocarbonyl (C=S) groups is 1. The van der Waals surface area contributed by atoms with Crippen LogP contribution in [-0.4, -0.2) is 26.8 Å². The Morgan fingerprint density at radius 2 is 1.18 bits per heavy atom. The molecule has 10 nitrogen and oxygen atoms in total. The van der Waals surface area contributed by atoms with Crippen molar-refractivity contribution in [3.05, 3.63) is 134 Å². The van der Waals surface area contributed by atoms with Crippen molar-refractivity contribution < 1.29 is 19.4 Å². The lowest BCUT2D eigenvalue weighted by molar-refractivity contribution is -0.393. The molecular weight excluding hydrogens is 532 g/mol. The van der Waals surface area contributed by atoms with Gasteiger partial charge in [-0.25, -0.2) is 9.69 Å². The van der Waals surface area contributed by atoms with Crippen LogP contribution in [0.25, 0.3) is 16.7 Å². The van der Waals surface area contributed by atoms with Crippen molar-refractivity contribution in [2.75, 3.05) is 9.80 Å². The van der Waals surface area contributed by atoms with Gasteiger partial charge in [0.25, 0.3) is 17.3 Å². The summed E-state index contributed by atoms with van der Waals surface area (Å²) in [7, 11) is 0. The van der Waals surface area contributed by atoms with Gasteiger partial charge in [-0.1, -0.05) is 72.9 Å². The Morgan fingerprint density at radius 1 is 0.625 bits per heavy atom. The third-order valence-corrected chi connectivity index (χ3v) is 7.13. The van der Waals surface area contributed by atoms with Crippen LogP contribution < -0.4 is 9.80 Å². The molecule has 4 aromatic carbocycles. The molecule has 2 aliphatic rings. The second-order valence-corrected chi connectivity index (χ2v) is 9.32. The second kappa shape index (κ2) is 9.33. The maximum Gasteiger partial charge on any atom is 0.341 e. The van der Waals surface area contributed by atoms with Crippen LogP contribution >= 0.6 is 12.2 Å². The minimum absolute atomic E-state index is 0.0803. The van der Waals surface area contributed by atoms with E-state index in [1.165, 1.54) is 11.0 Å². The molecule has 11 heteroatoms. The van der Waals surface area contributed by atoms with E-state index < -0.39 is 33.2 Å². The van der Waals surface area contributed by atoms with Crippen LogP contribution in [0.5, 0.6) is 0 Å². The molecule has 1 fully saturated rings. The minimum atomic E-state index is -0.750. The predicted molar refractivity (Wildman–Crippen MR) is 152 cm³/mol. The van der Waals surface area contributed by atoms with Gasteiger partial charge in [-0.2, -0.15) is 0 Å². The molecule has 6 rings (SSSR count). The average molecular weight is 549 g/mol. The summed E-state index contributed by atoms with van der Waals surface area (Å²) >= 11 is 5.78. The zero-order valence-corrected chi connectivity index (χ0v) is 21.2. The number of anilines is 2. The molecule has 40 heavy (non-hydrogen) atoms. The first-order valence-corrected chi connectivity index (χ1v) is 12.3. The summed E-state index contributed by atoms with van der Waals surface area (Å²) in [5, 5.41) is 23.9. The number of hydrogen-bond donors (Lipinski definition) is 0. The van der Waals surface area contributed by atoms with E-state index in [1.54, 1.807) is 84.9 Å². The van der Waals surface area contributed by atoms with E-state index in [0.717, 1.165) is 11.0 Å². The third kappa shape index (κ3) is 3.68. The number of nitro groups is 2. The lowest BCUT2D eigenvalue weighted by Crippen LogP contribution is -2.56. The van der Waals surface area contributed by atoms with Crippen molar-refractivity contribution in [2.45, 2.75) is 0 Å². The van der Waals surface area contributed by atoms with Gasteiger partial charge in [0.15, 0.2) is 0 Å². The molecule has 4 aromatic rings. The smallest absolute Gasteiger partial charge is 0.268 e. The van der Waals surface area contributed by atoms with Gasteiger partial charge in [0, 0.05) is 17.2 Å². The van der Waals surface area contributed by atoms with E-state index in [0.29, 0.717) is 16.8 Å². The third-order valence-electron chi connectivity index (χ3n) is 6.74. The van der Waals surface area contributed by atoms with E-state index in [-0.39, 0.29) is 32.9 Å². The number of fused-ring (bicyclic) bond motifs is 3. The zero-order chi connectivity index (χ0) is 28.1. The first-order chi connectivity index (χ1) is 19.3. The summed E-state index contributed by atoms with van der Waals surface area (Å²) in [6.07, 6.45) is 0. The Labute approximate surface area is 231 Å². The van der Waals surface area contributed by atoms with E-state index in [1.807, 2.05) is 0 Å². The molecule has 1 aliphatic carbocycles. The van der Waals surface area contributed by atoms with Gasteiger partial charge in [-0.05, 0) is 35.4 Å². The van der Waals surface area contributed by atoms with E-state index >= 15 is 0 Å². The number of urea groups is 1. The number of hydrogen-bond acceptors (Lipinski definition) is 7. The lowest BCUT2D eigenvalue weighted by atomic mass is 9.94. The molecule has 1 aliphatic heterocycles. The summed E-state index contributed by atoms with van der Waals surface area (Å²) in [5.41, 5.74) is 0.913. The monoisotopic (exact) mass is 548 g/mol. The highest BCUT2D eigenvalue weighted by molar-refractivity contribution is 7.81. The Hall–Kier alpha value is -5.55. The van der Waals surface area contributed by atoms with Crippen molar-refractivity contribution in [1.29, 1.82) is 0 Å². The van der Waals surface area contributed by atoms with Crippen LogP contribution in [0.15, 0.2) is 103 Å². The molecule has 0 spiro atoms. The molecule has 0 N–H and O–H groups in total. The SMILES string of the molecule is O=C1C(=C2c3ccccc3-c3c2cc([N+](=O)[O-])cc3[N+](=O)[O-])C(=S)N(c2ccccc2)C(=O)N1c1ccccc1. The van der Waals surface area contributed by atoms with Crippen LogP contribution in [0.2, 0.25) is 0 Å². The Balaban J connectivity index is 1.72. The summed E-state index contributed by atoms with van der Waals surface area (Å²) in [5.74, 6) is -0.750. The minimum Gasteiger partial charge on any atom is -0.268 e. The first kappa shape index (κ1) is 24.8. The van der Waals surface area contributed by atoms with E-state index in [9.17, 15) is 29.8 Å². The second-order valence-electron chi connectivity index (χ2n) is 8.93. The van der Waals surface area contributed by atoms with Gasteiger partial charge in [-0.15, -0.1) is 0 Å². The van der Waals surface area contributed by atoms with Crippen LogP contribution in [0, 0.1) is 20.2 Å². The quantitative estimate of drug-likeness (QED) is 0.112. The van der Waals surface area contributed by atoms with E-state index in [4.69, 9.17) is 12.2 Å². The molecule has 0 atom stereocenters. The van der Waals surface area contributed by atoms with E-state index in [2.05, 4.69) is 0 Å². The van der Waals surface area contributed by atoms with Crippen LogP contribution in [-0.2, 0) is 4.79 Å². The Kier molecular flexibility index (Phi) is 5.78. The first-order valence-electron chi connectivity index (χ1n) is 11.9. The largest absolute Gasteiger partial charge is 0.341 e. The lowest BCUT2D eigenvalue weighted by Gasteiger charge is -2.36. The molecule has 1 saturated heterocycles. The number of para-hydroxylation sites is 2.